The average Bonchev–Trinajstić information content (AvgIpc) is 2.64. The van der Waals surface area contributed by atoms with E-state index in [1.165, 1.54) is 0 Å². The first-order valence-corrected chi connectivity index (χ1v) is 8.29. The lowest BCUT2D eigenvalue weighted by atomic mass is 10.0. The van der Waals surface area contributed by atoms with Crippen LogP contribution in [0.4, 0.5) is 0 Å². The van der Waals surface area contributed by atoms with Crippen LogP contribution in [0.3, 0.4) is 0 Å². The lowest BCUT2D eigenvalue weighted by molar-refractivity contribution is -0.145. The molecular formula is C21H17ClO3. The molecule has 0 bridgehead atoms. The molecule has 3 aromatic carbocycles. The molecule has 0 aliphatic rings. The molecule has 0 amide bonds. The monoisotopic (exact) mass is 352 g/mol. The molecule has 0 heterocycles. The van der Waals surface area contributed by atoms with Crippen molar-refractivity contribution in [1.29, 1.82) is 0 Å². The highest BCUT2D eigenvalue weighted by Gasteiger charge is 2.20. The fourth-order valence-electron chi connectivity index (χ4n) is 2.53. The number of hydrogen-bond acceptors (Lipinski definition) is 2. The summed E-state index contributed by atoms with van der Waals surface area (Å²) >= 11 is 5.83. The number of carbonyl (C=O) groups is 1. The van der Waals surface area contributed by atoms with Crippen molar-refractivity contribution in [2.75, 3.05) is 0 Å². The molecule has 3 nitrogen and oxygen atoms in total. The van der Waals surface area contributed by atoms with E-state index in [9.17, 15) is 9.90 Å². The van der Waals surface area contributed by atoms with E-state index in [1.807, 2.05) is 54.6 Å². The number of benzene rings is 3. The first kappa shape index (κ1) is 17.1. The largest absolute Gasteiger partial charge is 0.478 e. The molecule has 0 aliphatic heterocycles. The SMILES string of the molecule is O=C(O)[C@H](Cc1ccc(-c2ccccc2)cc1)Oc1ccc(Cl)cc1. The van der Waals surface area contributed by atoms with Gasteiger partial charge in [-0.15, -0.1) is 0 Å². The number of hydrogen-bond donors (Lipinski definition) is 1. The van der Waals surface area contributed by atoms with Gasteiger partial charge in [-0.3, -0.25) is 0 Å². The van der Waals surface area contributed by atoms with Crippen molar-refractivity contribution < 1.29 is 14.6 Å². The fraction of sp³-hybridized carbons (Fsp3) is 0.0952. The Bertz CT molecular complexity index is 827. The summed E-state index contributed by atoms with van der Waals surface area (Å²) in [6.07, 6.45) is -0.670. The van der Waals surface area contributed by atoms with E-state index in [-0.39, 0.29) is 6.42 Å². The van der Waals surface area contributed by atoms with Crippen LogP contribution in [0.2, 0.25) is 5.02 Å². The highest BCUT2D eigenvalue weighted by molar-refractivity contribution is 6.30. The molecule has 4 heteroatoms. The first-order valence-electron chi connectivity index (χ1n) is 7.91. The summed E-state index contributed by atoms with van der Waals surface area (Å²) in [5.41, 5.74) is 3.12. The molecule has 0 saturated heterocycles. The third-order valence-corrected chi connectivity index (χ3v) is 4.10. The molecule has 3 rings (SSSR count). The second-order valence-electron chi connectivity index (χ2n) is 5.67. The fourth-order valence-corrected chi connectivity index (χ4v) is 2.66. The zero-order valence-corrected chi connectivity index (χ0v) is 14.2. The predicted molar refractivity (Wildman–Crippen MR) is 99.1 cm³/mol. The number of halogens is 1. The molecule has 1 atom stereocenters. The van der Waals surface area contributed by atoms with Crippen molar-refractivity contribution in [2.24, 2.45) is 0 Å². The van der Waals surface area contributed by atoms with Gasteiger partial charge in [0.2, 0.25) is 0 Å². The van der Waals surface area contributed by atoms with Gasteiger partial charge < -0.3 is 9.84 Å². The van der Waals surface area contributed by atoms with Crippen molar-refractivity contribution in [1.82, 2.24) is 0 Å². The van der Waals surface area contributed by atoms with E-state index in [1.54, 1.807) is 24.3 Å². The Hall–Kier alpha value is -2.78. The van der Waals surface area contributed by atoms with Gasteiger partial charge in [-0.05, 0) is 41.0 Å². The van der Waals surface area contributed by atoms with Gasteiger partial charge in [-0.1, -0.05) is 66.2 Å². The summed E-state index contributed by atoms with van der Waals surface area (Å²) in [6, 6.07) is 24.6. The minimum Gasteiger partial charge on any atom is -0.478 e. The van der Waals surface area contributed by atoms with Gasteiger partial charge >= 0.3 is 5.97 Å². The Kier molecular flexibility index (Phi) is 5.36. The van der Waals surface area contributed by atoms with Crippen LogP contribution >= 0.6 is 11.6 Å². The topological polar surface area (TPSA) is 46.5 Å². The molecule has 0 spiro atoms. The summed E-state index contributed by atoms with van der Waals surface area (Å²) in [5.74, 6) is -0.514. The second kappa shape index (κ2) is 7.86. The number of aliphatic carboxylic acids is 1. The zero-order valence-electron chi connectivity index (χ0n) is 13.4. The Morgan fingerprint density at radius 1 is 0.880 bits per heavy atom. The van der Waals surface area contributed by atoms with Crippen LogP contribution in [-0.4, -0.2) is 17.2 Å². The zero-order chi connectivity index (χ0) is 17.6. The summed E-state index contributed by atoms with van der Waals surface area (Å²) in [7, 11) is 0. The highest BCUT2D eigenvalue weighted by Crippen LogP contribution is 2.21. The van der Waals surface area contributed by atoms with Crippen molar-refractivity contribution in [3.8, 4) is 16.9 Å². The first-order chi connectivity index (χ1) is 12.1. The maximum Gasteiger partial charge on any atom is 0.345 e. The maximum atomic E-state index is 11.5. The Labute approximate surface area is 151 Å². The molecule has 0 radical (unpaired) electrons. The third kappa shape index (κ3) is 4.61. The maximum absolute atomic E-state index is 11.5. The minimum atomic E-state index is -0.998. The van der Waals surface area contributed by atoms with Crippen molar-refractivity contribution in [3.63, 3.8) is 0 Å². The van der Waals surface area contributed by atoms with E-state index in [0.29, 0.717) is 10.8 Å². The molecule has 3 aromatic rings. The van der Waals surface area contributed by atoms with Crippen LogP contribution in [-0.2, 0) is 11.2 Å². The normalized spacial score (nSPS) is 11.7. The van der Waals surface area contributed by atoms with Crippen LogP contribution in [0.25, 0.3) is 11.1 Å². The van der Waals surface area contributed by atoms with Gasteiger partial charge in [0, 0.05) is 11.4 Å². The minimum absolute atomic E-state index is 0.285. The second-order valence-corrected chi connectivity index (χ2v) is 6.10. The van der Waals surface area contributed by atoms with Gasteiger partial charge in [0.25, 0.3) is 0 Å². The van der Waals surface area contributed by atoms with E-state index >= 15 is 0 Å². The molecule has 0 fully saturated rings. The highest BCUT2D eigenvalue weighted by atomic mass is 35.5. The molecule has 0 unspecified atom stereocenters. The van der Waals surface area contributed by atoms with Crippen molar-refractivity contribution in [3.05, 3.63) is 89.4 Å². The Balaban J connectivity index is 1.72. The average molecular weight is 353 g/mol. The summed E-state index contributed by atoms with van der Waals surface area (Å²) in [6.45, 7) is 0. The van der Waals surface area contributed by atoms with Crippen LogP contribution in [0.15, 0.2) is 78.9 Å². The molecule has 25 heavy (non-hydrogen) atoms. The van der Waals surface area contributed by atoms with Gasteiger partial charge in [0.05, 0.1) is 0 Å². The Morgan fingerprint density at radius 3 is 2.08 bits per heavy atom. The summed E-state index contributed by atoms with van der Waals surface area (Å²) in [5, 5.41) is 10.0. The third-order valence-electron chi connectivity index (χ3n) is 3.85. The van der Waals surface area contributed by atoms with Gasteiger partial charge in [-0.25, -0.2) is 4.79 Å². The lowest BCUT2D eigenvalue weighted by Gasteiger charge is -2.15. The molecule has 126 valence electrons. The van der Waals surface area contributed by atoms with E-state index < -0.39 is 12.1 Å². The van der Waals surface area contributed by atoms with Crippen LogP contribution < -0.4 is 4.74 Å². The quantitative estimate of drug-likeness (QED) is 0.672. The number of rotatable bonds is 6. The Morgan fingerprint density at radius 2 is 1.48 bits per heavy atom. The van der Waals surface area contributed by atoms with Crippen molar-refractivity contribution >= 4 is 17.6 Å². The van der Waals surface area contributed by atoms with Gasteiger partial charge in [0.1, 0.15) is 5.75 Å². The number of ether oxygens (including phenoxy) is 1. The molecule has 0 saturated carbocycles. The molecule has 0 aromatic heterocycles. The van der Waals surface area contributed by atoms with E-state index in [0.717, 1.165) is 16.7 Å². The van der Waals surface area contributed by atoms with Crippen molar-refractivity contribution in [2.45, 2.75) is 12.5 Å². The molecular weight excluding hydrogens is 336 g/mol. The lowest BCUT2D eigenvalue weighted by Crippen LogP contribution is -2.29. The van der Waals surface area contributed by atoms with Crippen LogP contribution in [0, 0.1) is 0 Å². The van der Waals surface area contributed by atoms with E-state index in [4.69, 9.17) is 16.3 Å². The smallest absolute Gasteiger partial charge is 0.345 e. The van der Waals surface area contributed by atoms with Crippen LogP contribution in [0.1, 0.15) is 5.56 Å². The standard InChI is InChI=1S/C21H17ClO3/c22-18-10-12-19(13-11-18)25-20(21(23)24)14-15-6-8-17(9-7-15)16-4-2-1-3-5-16/h1-13,20H,14H2,(H,23,24)/t20-/m0/s1. The molecule has 1 N–H and O–H groups in total. The van der Waals surface area contributed by atoms with Gasteiger partial charge in [0.15, 0.2) is 6.10 Å². The summed E-state index contributed by atoms with van der Waals surface area (Å²) in [4.78, 5) is 11.5. The molecule has 0 aliphatic carbocycles. The number of carboxylic acid groups (broad SMARTS) is 1. The van der Waals surface area contributed by atoms with Gasteiger partial charge in [-0.2, -0.15) is 0 Å². The summed E-state index contributed by atoms with van der Waals surface area (Å²) < 4.78 is 5.59. The van der Waals surface area contributed by atoms with E-state index in [2.05, 4.69) is 0 Å². The van der Waals surface area contributed by atoms with Crippen LogP contribution in [0.5, 0.6) is 5.75 Å². The number of carboxylic acids is 1. The predicted octanol–water partition coefficient (Wildman–Crippen LogP) is 5.08.